The highest BCUT2D eigenvalue weighted by molar-refractivity contribution is 7.92. The highest BCUT2D eigenvalue weighted by Gasteiger charge is 2.15. The molecule has 0 bridgehead atoms. The molecular weight excluding hydrogens is 314 g/mol. The number of hydrogen-bond donors (Lipinski definition) is 2. The van der Waals surface area contributed by atoms with Crippen LogP contribution in [0.2, 0.25) is 0 Å². The average molecular weight is 327 g/mol. The summed E-state index contributed by atoms with van der Waals surface area (Å²) in [7, 11) is -3.81. The van der Waals surface area contributed by atoms with Gasteiger partial charge in [-0.15, -0.1) is 0 Å². The van der Waals surface area contributed by atoms with Crippen LogP contribution in [0.25, 0.3) is 11.3 Å². The molecule has 0 atom stereocenters. The van der Waals surface area contributed by atoms with Crippen molar-refractivity contribution < 1.29 is 8.42 Å². The number of rotatable bonds is 4. The number of sulfonamides is 1. The summed E-state index contributed by atoms with van der Waals surface area (Å²) in [5.41, 5.74) is 0.670. The van der Waals surface area contributed by atoms with Crippen LogP contribution in [0.3, 0.4) is 0 Å². The minimum Gasteiger partial charge on any atom is -0.292 e. The Morgan fingerprint density at radius 1 is 0.913 bits per heavy atom. The summed E-state index contributed by atoms with van der Waals surface area (Å²) in [6.07, 6.45) is 0. The van der Waals surface area contributed by atoms with E-state index in [1.807, 2.05) is 18.2 Å². The first-order chi connectivity index (χ1) is 11.0. The van der Waals surface area contributed by atoms with Crippen molar-refractivity contribution in [3.8, 4) is 11.3 Å². The molecule has 2 aromatic carbocycles. The number of benzene rings is 2. The van der Waals surface area contributed by atoms with E-state index in [-0.39, 0.29) is 10.8 Å². The normalized spacial score (nSPS) is 11.1. The number of H-pyrrole nitrogens is 1. The number of nitrogens with zero attached hydrogens (tertiary/aromatic N) is 1. The minimum absolute atomic E-state index is 0.0905. The summed E-state index contributed by atoms with van der Waals surface area (Å²) in [6.45, 7) is 0. The Hall–Kier alpha value is -2.93. The van der Waals surface area contributed by atoms with Gasteiger partial charge in [0.05, 0.1) is 10.6 Å². The third-order valence-electron chi connectivity index (χ3n) is 3.10. The van der Waals surface area contributed by atoms with Crippen LogP contribution in [0.4, 0.5) is 5.95 Å². The number of hydrogen-bond acceptors (Lipinski definition) is 4. The maximum atomic E-state index is 12.3. The molecule has 116 valence electrons. The molecule has 0 aliphatic carbocycles. The Morgan fingerprint density at radius 2 is 1.52 bits per heavy atom. The first kappa shape index (κ1) is 15.0. The Morgan fingerprint density at radius 3 is 2.17 bits per heavy atom. The molecule has 3 rings (SSSR count). The standard InChI is InChI=1S/C16H13N3O3S/c20-15-11-14(12-7-3-1-4-8-12)17-16(18-15)19-23(21,22)13-9-5-2-6-10-13/h1-11H,(H2,17,18,19,20). The van der Waals surface area contributed by atoms with E-state index in [9.17, 15) is 13.2 Å². The van der Waals surface area contributed by atoms with Crippen LogP contribution in [0.1, 0.15) is 0 Å². The molecule has 0 saturated carbocycles. The number of nitrogens with one attached hydrogen (secondary N) is 2. The molecule has 1 heterocycles. The zero-order chi connectivity index (χ0) is 16.3. The van der Waals surface area contributed by atoms with Crippen molar-refractivity contribution >= 4 is 16.0 Å². The van der Waals surface area contributed by atoms with Gasteiger partial charge in [0.2, 0.25) is 5.95 Å². The zero-order valence-electron chi connectivity index (χ0n) is 11.9. The Kier molecular flexibility index (Phi) is 3.94. The van der Waals surface area contributed by atoms with Crippen molar-refractivity contribution in [2.45, 2.75) is 4.90 Å². The van der Waals surface area contributed by atoms with E-state index in [4.69, 9.17) is 0 Å². The molecule has 6 nitrogen and oxygen atoms in total. The first-order valence-electron chi connectivity index (χ1n) is 6.79. The van der Waals surface area contributed by atoms with E-state index >= 15 is 0 Å². The van der Waals surface area contributed by atoms with E-state index in [0.717, 1.165) is 5.56 Å². The van der Waals surface area contributed by atoms with Crippen molar-refractivity contribution in [1.82, 2.24) is 9.97 Å². The van der Waals surface area contributed by atoms with Crippen LogP contribution in [-0.4, -0.2) is 18.4 Å². The maximum absolute atomic E-state index is 12.3. The summed E-state index contributed by atoms with van der Waals surface area (Å²) in [6, 6.07) is 18.2. The lowest BCUT2D eigenvalue weighted by Crippen LogP contribution is -2.18. The number of anilines is 1. The fourth-order valence-corrected chi connectivity index (χ4v) is 3.03. The Bertz CT molecular complexity index is 968. The Balaban J connectivity index is 1.99. The summed E-state index contributed by atoms with van der Waals surface area (Å²) in [4.78, 5) is 18.4. The lowest BCUT2D eigenvalue weighted by molar-refractivity contribution is 0.601. The van der Waals surface area contributed by atoms with Gasteiger partial charge < -0.3 is 0 Å². The predicted molar refractivity (Wildman–Crippen MR) is 87.5 cm³/mol. The van der Waals surface area contributed by atoms with E-state index in [0.29, 0.717) is 5.69 Å². The van der Waals surface area contributed by atoms with Gasteiger partial charge in [-0.2, -0.15) is 0 Å². The molecule has 0 aliphatic heterocycles. The van der Waals surface area contributed by atoms with E-state index in [2.05, 4.69) is 14.7 Å². The molecular formula is C16H13N3O3S. The number of aromatic nitrogens is 2. The van der Waals surface area contributed by atoms with Crippen LogP contribution in [0.5, 0.6) is 0 Å². The number of aromatic amines is 1. The third-order valence-corrected chi connectivity index (χ3v) is 4.45. The fourth-order valence-electron chi connectivity index (χ4n) is 2.05. The highest BCUT2D eigenvalue weighted by atomic mass is 32.2. The average Bonchev–Trinajstić information content (AvgIpc) is 2.55. The Labute approximate surface area is 132 Å². The van der Waals surface area contributed by atoms with E-state index < -0.39 is 15.6 Å². The van der Waals surface area contributed by atoms with Gasteiger partial charge in [0.1, 0.15) is 0 Å². The SMILES string of the molecule is O=c1cc(-c2ccccc2)nc(NS(=O)(=O)c2ccccc2)[nH]1. The van der Waals surface area contributed by atoms with Gasteiger partial charge >= 0.3 is 0 Å². The van der Waals surface area contributed by atoms with Crippen LogP contribution in [0, 0.1) is 0 Å². The van der Waals surface area contributed by atoms with Gasteiger partial charge in [-0.25, -0.2) is 18.1 Å². The van der Waals surface area contributed by atoms with Crippen molar-refractivity contribution in [1.29, 1.82) is 0 Å². The monoisotopic (exact) mass is 327 g/mol. The van der Waals surface area contributed by atoms with Gasteiger partial charge in [0, 0.05) is 11.6 Å². The van der Waals surface area contributed by atoms with Gasteiger partial charge in [0.25, 0.3) is 15.6 Å². The largest absolute Gasteiger partial charge is 0.292 e. The lowest BCUT2D eigenvalue weighted by Gasteiger charge is -2.08. The van der Waals surface area contributed by atoms with Crippen molar-refractivity contribution in [3.05, 3.63) is 77.1 Å². The molecule has 3 aromatic rings. The molecule has 2 N–H and O–H groups in total. The van der Waals surface area contributed by atoms with Crippen LogP contribution >= 0.6 is 0 Å². The maximum Gasteiger partial charge on any atom is 0.264 e. The van der Waals surface area contributed by atoms with Gasteiger partial charge in [-0.1, -0.05) is 48.5 Å². The zero-order valence-corrected chi connectivity index (χ0v) is 12.7. The van der Waals surface area contributed by atoms with Gasteiger partial charge in [-0.05, 0) is 12.1 Å². The lowest BCUT2D eigenvalue weighted by atomic mass is 10.1. The molecule has 7 heteroatoms. The van der Waals surface area contributed by atoms with Gasteiger partial charge in [-0.3, -0.25) is 9.78 Å². The van der Waals surface area contributed by atoms with Gasteiger partial charge in [0.15, 0.2) is 0 Å². The minimum atomic E-state index is -3.81. The molecule has 0 spiro atoms. The van der Waals surface area contributed by atoms with Crippen LogP contribution in [-0.2, 0) is 10.0 Å². The first-order valence-corrected chi connectivity index (χ1v) is 8.27. The third kappa shape index (κ3) is 3.46. The van der Waals surface area contributed by atoms with Crippen molar-refractivity contribution in [2.24, 2.45) is 0 Å². The van der Waals surface area contributed by atoms with E-state index in [1.54, 1.807) is 30.3 Å². The van der Waals surface area contributed by atoms with Crippen LogP contribution < -0.4 is 10.3 Å². The van der Waals surface area contributed by atoms with Crippen molar-refractivity contribution in [3.63, 3.8) is 0 Å². The summed E-state index contributed by atoms with van der Waals surface area (Å²) >= 11 is 0. The molecule has 0 unspecified atom stereocenters. The smallest absolute Gasteiger partial charge is 0.264 e. The van der Waals surface area contributed by atoms with E-state index in [1.165, 1.54) is 18.2 Å². The fraction of sp³-hybridized carbons (Fsp3) is 0. The summed E-state index contributed by atoms with van der Waals surface area (Å²) in [5, 5.41) is 0. The quantitative estimate of drug-likeness (QED) is 0.768. The second-order valence-electron chi connectivity index (χ2n) is 4.76. The molecule has 0 amide bonds. The van der Waals surface area contributed by atoms with Crippen LogP contribution in [0.15, 0.2) is 76.4 Å². The molecule has 0 aliphatic rings. The second-order valence-corrected chi connectivity index (χ2v) is 6.45. The second kappa shape index (κ2) is 6.05. The molecule has 1 aromatic heterocycles. The molecule has 23 heavy (non-hydrogen) atoms. The molecule has 0 radical (unpaired) electrons. The predicted octanol–water partition coefficient (Wildman–Crippen LogP) is 2.24. The molecule has 0 saturated heterocycles. The topological polar surface area (TPSA) is 91.9 Å². The highest BCUT2D eigenvalue weighted by Crippen LogP contribution is 2.17. The summed E-state index contributed by atoms with van der Waals surface area (Å²) < 4.78 is 26.9. The molecule has 0 fully saturated rings. The summed E-state index contributed by atoms with van der Waals surface area (Å²) in [5.74, 6) is -0.125. The van der Waals surface area contributed by atoms with Crippen molar-refractivity contribution in [2.75, 3.05) is 4.72 Å².